The minimum Gasteiger partial charge on any atom is -0.457 e. The lowest BCUT2D eigenvalue weighted by molar-refractivity contribution is -0.140. The Balaban J connectivity index is 1.88. The molecule has 3 aromatic carbocycles. The summed E-state index contributed by atoms with van der Waals surface area (Å²) < 4.78 is 32.3. The number of sulfonamides is 1. The third-order valence-corrected chi connectivity index (χ3v) is 6.99. The predicted octanol–water partition coefficient (Wildman–Crippen LogP) is 4.11. The maximum Gasteiger partial charge on any atom is 0.244 e. The Morgan fingerprint density at radius 2 is 1.59 bits per heavy atom. The number of para-hydroxylation sites is 1. The number of amides is 2. The molecule has 0 aromatic heterocycles. The van der Waals surface area contributed by atoms with Crippen molar-refractivity contribution in [1.82, 2.24) is 10.2 Å². The van der Waals surface area contributed by atoms with Crippen molar-refractivity contribution < 1.29 is 22.7 Å². The maximum atomic E-state index is 13.6. The van der Waals surface area contributed by atoms with Crippen molar-refractivity contribution in [2.75, 3.05) is 24.2 Å². The van der Waals surface area contributed by atoms with Gasteiger partial charge in [-0.3, -0.25) is 13.9 Å². The number of aryl methyl sites for hydroxylation is 1. The van der Waals surface area contributed by atoms with Gasteiger partial charge in [0.05, 0.1) is 11.9 Å². The number of carbonyl (C=O) groups is 2. The van der Waals surface area contributed by atoms with Crippen LogP contribution < -0.4 is 14.4 Å². The van der Waals surface area contributed by atoms with Crippen LogP contribution in [0.25, 0.3) is 0 Å². The summed E-state index contributed by atoms with van der Waals surface area (Å²) in [6, 6.07) is 22.6. The number of carbonyl (C=O) groups excluding carboxylic acids is 2. The van der Waals surface area contributed by atoms with Gasteiger partial charge in [0, 0.05) is 13.6 Å². The maximum absolute atomic E-state index is 13.6. The van der Waals surface area contributed by atoms with Crippen molar-refractivity contribution in [3.05, 3.63) is 90.0 Å². The highest BCUT2D eigenvalue weighted by atomic mass is 32.2. The smallest absolute Gasteiger partial charge is 0.244 e. The van der Waals surface area contributed by atoms with E-state index in [1.807, 2.05) is 68.4 Å². The third kappa shape index (κ3) is 7.57. The lowest BCUT2D eigenvalue weighted by Crippen LogP contribution is -2.51. The van der Waals surface area contributed by atoms with Gasteiger partial charge >= 0.3 is 0 Å². The highest BCUT2D eigenvalue weighted by molar-refractivity contribution is 7.92. The first-order chi connectivity index (χ1) is 17.6. The molecular weight excluding hydrogens is 490 g/mol. The van der Waals surface area contributed by atoms with E-state index in [2.05, 4.69) is 5.32 Å². The molecule has 0 bridgehead atoms. The minimum absolute atomic E-state index is 0.174. The summed E-state index contributed by atoms with van der Waals surface area (Å²) in [5.41, 5.74) is 2.19. The molecule has 0 fully saturated rings. The fourth-order valence-corrected chi connectivity index (χ4v) is 4.86. The van der Waals surface area contributed by atoms with Crippen LogP contribution in [0.2, 0.25) is 0 Å². The standard InChI is InChI=1S/C28H33N3O5S/c1-5-26(28(33)29-3)30(19-22-11-9-10-21(2)18-22)27(32)20-31(37(4,34)35)23-14-16-25(17-15-23)36-24-12-7-6-8-13-24/h6-18,26H,5,19-20H2,1-4H3,(H,29,33)/t26-/m0/s1. The van der Waals surface area contributed by atoms with Gasteiger partial charge < -0.3 is 15.0 Å². The summed E-state index contributed by atoms with van der Waals surface area (Å²) in [5.74, 6) is 0.391. The van der Waals surface area contributed by atoms with Crippen molar-refractivity contribution in [2.24, 2.45) is 0 Å². The van der Waals surface area contributed by atoms with E-state index >= 15 is 0 Å². The van der Waals surface area contributed by atoms with Crippen LogP contribution in [0.5, 0.6) is 11.5 Å². The SMILES string of the molecule is CC[C@@H](C(=O)NC)N(Cc1cccc(C)c1)C(=O)CN(c1ccc(Oc2ccccc2)cc1)S(C)(=O)=O. The van der Waals surface area contributed by atoms with E-state index in [0.29, 0.717) is 23.6 Å². The van der Waals surface area contributed by atoms with E-state index < -0.39 is 28.5 Å². The molecule has 9 heteroatoms. The van der Waals surface area contributed by atoms with Crippen molar-refractivity contribution in [2.45, 2.75) is 32.9 Å². The van der Waals surface area contributed by atoms with Gasteiger partial charge in [-0.15, -0.1) is 0 Å². The third-order valence-electron chi connectivity index (χ3n) is 5.85. The van der Waals surface area contributed by atoms with Crippen LogP contribution in [0.15, 0.2) is 78.9 Å². The first-order valence-corrected chi connectivity index (χ1v) is 13.8. The van der Waals surface area contributed by atoms with Crippen molar-refractivity contribution in [1.29, 1.82) is 0 Å². The van der Waals surface area contributed by atoms with Gasteiger partial charge in [-0.2, -0.15) is 0 Å². The number of hydrogen-bond donors (Lipinski definition) is 1. The Kier molecular flexibility index (Phi) is 9.30. The normalized spacial score (nSPS) is 11.9. The molecule has 0 heterocycles. The topological polar surface area (TPSA) is 96.0 Å². The van der Waals surface area contributed by atoms with Gasteiger partial charge in [0.2, 0.25) is 21.8 Å². The first-order valence-electron chi connectivity index (χ1n) is 12.0. The summed E-state index contributed by atoms with van der Waals surface area (Å²) in [6.45, 7) is 3.49. The zero-order valence-corrected chi connectivity index (χ0v) is 22.4. The molecule has 0 saturated heterocycles. The Morgan fingerprint density at radius 1 is 0.946 bits per heavy atom. The van der Waals surface area contributed by atoms with E-state index in [9.17, 15) is 18.0 Å². The fourth-order valence-electron chi connectivity index (χ4n) is 4.01. The molecule has 196 valence electrons. The molecular formula is C28H33N3O5S. The van der Waals surface area contributed by atoms with Crippen LogP contribution >= 0.6 is 0 Å². The van der Waals surface area contributed by atoms with Crippen LogP contribution in [0.3, 0.4) is 0 Å². The lowest BCUT2D eigenvalue weighted by Gasteiger charge is -2.32. The summed E-state index contributed by atoms with van der Waals surface area (Å²) in [4.78, 5) is 27.7. The average molecular weight is 524 g/mol. The van der Waals surface area contributed by atoms with E-state index in [1.54, 1.807) is 24.3 Å². The summed E-state index contributed by atoms with van der Waals surface area (Å²) >= 11 is 0. The molecule has 0 aliphatic carbocycles. The second-order valence-corrected chi connectivity index (χ2v) is 10.6. The average Bonchev–Trinajstić information content (AvgIpc) is 2.87. The number of hydrogen-bond acceptors (Lipinski definition) is 5. The monoisotopic (exact) mass is 523 g/mol. The number of nitrogens with one attached hydrogen (secondary N) is 1. The quantitative estimate of drug-likeness (QED) is 0.408. The van der Waals surface area contributed by atoms with E-state index in [4.69, 9.17) is 4.74 Å². The molecule has 0 unspecified atom stereocenters. The van der Waals surface area contributed by atoms with E-state index in [-0.39, 0.29) is 12.5 Å². The predicted molar refractivity (Wildman–Crippen MR) is 145 cm³/mol. The molecule has 37 heavy (non-hydrogen) atoms. The molecule has 8 nitrogen and oxygen atoms in total. The summed E-state index contributed by atoms with van der Waals surface area (Å²) in [6.07, 6.45) is 1.43. The Labute approximate surface area is 218 Å². The molecule has 2 amide bonds. The molecule has 3 aromatic rings. The van der Waals surface area contributed by atoms with Crippen molar-refractivity contribution in [3.8, 4) is 11.5 Å². The van der Waals surface area contributed by atoms with Gasteiger partial charge in [0.25, 0.3) is 0 Å². The van der Waals surface area contributed by atoms with Gasteiger partial charge in [-0.1, -0.05) is 55.0 Å². The van der Waals surface area contributed by atoms with Gasteiger partial charge in [-0.25, -0.2) is 8.42 Å². The number of rotatable bonds is 11. The Bertz CT molecular complexity index is 1310. The molecule has 1 N–H and O–H groups in total. The molecule has 0 spiro atoms. The van der Waals surface area contributed by atoms with Gasteiger partial charge in [0.1, 0.15) is 24.1 Å². The lowest BCUT2D eigenvalue weighted by atomic mass is 10.1. The summed E-state index contributed by atoms with van der Waals surface area (Å²) in [7, 11) is -2.30. The molecule has 0 saturated carbocycles. The summed E-state index contributed by atoms with van der Waals surface area (Å²) in [5, 5.41) is 2.61. The molecule has 0 aliphatic rings. The number of nitrogens with zero attached hydrogens (tertiary/aromatic N) is 2. The van der Waals surface area contributed by atoms with Crippen molar-refractivity contribution in [3.63, 3.8) is 0 Å². The zero-order valence-electron chi connectivity index (χ0n) is 21.5. The molecule has 1 atom stereocenters. The van der Waals surface area contributed by atoms with Crippen LogP contribution in [0.1, 0.15) is 24.5 Å². The highest BCUT2D eigenvalue weighted by Crippen LogP contribution is 2.26. The van der Waals surface area contributed by atoms with Crippen LogP contribution in [-0.4, -0.2) is 51.0 Å². The second-order valence-electron chi connectivity index (χ2n) is 8.73. The molecule has 0 radical (unpaired) electrons. The number of anilines is 1. The van der Waals surface area contributed by atoms with Gasteiger partial charge in [0.15, 0.2) is 0 Å². The van der Waals surface area contributed by atoms with E-state index in [1.165, 1.54) is 11.9 Å². The van der Waals surface area contributed by atoms with Crippen molar-refractivity contribution >= 4 is 27.5 Å². The zero-order chi connectivity index (χ0) is 27.0. The minimum atomic E-state index is -3.81. The van der Waals surface area contributed by atoms with Crippen LogP contribution in [0.4, 0.5) is 5.69 Å². The number of benzene rings is 3. The second kappa shape index (κ2) is 12.4. The molecule has 0 aliphatic heterocycles. The van der Waals surface area contributed by atoms with E-state index in [0.717, 1.165) is 21.7 Å². The van der Waals surface area contributed by atoms with Crippen LogP contribution in [-0.2, 0) is 26.2 Å². The Morgan fingerprint density at radius 3 is 2.16 bits per heavy atom. The van der Waals surface area contributed by atoms with Gasteiger partial charge in [-0.05, 0) is 55.3 Å². The number of likely N-dealkylation sites (N-methyl/N-ethyl adjacent to an activating group) is 1. The highest BCUT2D eigenvalue weighted by Gasteiger charge is 2.31. The fraction of sp³-hybridized carbons (Fsp3) is 0.286. The molecule has 3 rings (SSSR count). The largest absolute Gasteiger partial charge is 0.457 e. The number of ether oxygens (including phenoxy) is 1. The Hall–Kier alpha value is -3.85. The van der Waals surface area contributed by atoms with Crippen LogP contribution in [0, 0.1) is 6.92 Å². The first kappa shape index (κ1) is 27.7.